The molecule has 8 nitrogen and oxygen atoms in total. The average Bonchev–Trinajstić information content (AvgIpc) is 3.66. The van der Waals surface area contributed by atoms with E-state index in [0.717, 1.165) is 47.9 Å². The molecule has 8 heteroatoms. The highest BCUT2D eigenvalue weighted by Crippen LogP contribution is 2.33. The van der Waals surface area contributed by atoms with Crippen LogP contribution in [0.1, 0.15) is 62.5 Å². The zero-order valence-electron chi connectivity index (χ0n) is 18.0. The lowest BCUT2D eigenvalue weighted by Gasteiger charge is -2.09. The number of nitrogens with one attached hydrogen (secondary N) is 2. The van der Waals surface area contributed by atoms with Crippen LogP contribution in [0.3, 0.4) is 0 Å². The van der Waals surface area contributed by atoms with Gasteiger partial charge >= 0.3 is 0 Å². The standard InChI is InChI=1S/C24H26N8/c1-2-5-15(4-1)22-12-16(13-26-22)17-7-8-18(30-29-17)19-9-10-20(32-31-19)23-14-27-24(28-23)21-6-3-11-25-21/h7-10,13-15,21,25H,1-6,11-12H2,(H,27,28)/t21-/m0/s1. The molecular formula is C24H26N8. The maximum atomic E-state index is 4.67. The molecule has 0 amide bonds. The molecule has 1 aliphatic carbocycles. The average molecular weight is 427 g/mol. The van der Waals surface area contributed by atoms with Gasteiger partial charge in [0.2, 0.25) is 0 Å². The van der Waals surface area contributed by atoms with Gasteiger partial charge in [-0.25, -0.2) is 4.98 Å². The van der Waals surface area contributed by atoms with Crippen LogP contribution in [0.4, 0.5) is 0 Å². The van der Waals surface area contributed by atoms with Crippen molar-refractivity contribution in [2.75, 3.05) is 6.54 Å². The number of allylic oxidation sites excluding steroid dienone is 1. The SMILES string of the molecule is C1=C(c2ccc(-c3ccc(-c4cnc([C@@H]5CCCN5)[nH]4)nn3)nn2)CC(C2CCCC2)=N1. The third-order valence-electron chi connectivity index (χ3n) is 6.77. The normalized spacial score (nSPS) is 21.2. The highest BCUT2D eigenvalue weighted by Gasteiger charge is 2.25. The Kier molecular flexibility index (Phi) is 5.07. The summed E-state index contributed by atoms with van der Waals surface area (Å²) in [6.45, 7) is 1.04. The molecule has 0 spiro atoms. The van der Waals surface area contributed by atoms with Gasteiger partial charge in [-0.2, -0.15) is 5.10 Å². The predicted molar refractivity (Wildman–Crippen MR) is 123 cm³/mol. The Balaban J connectivity index is 1.13. The van der Waals surface area contributed by atoms with Crippen LogP contribution in [0.25, 0.3) is 28.3 Å². The summed E-state index contributed by atoms with van der Waals surface area (Å²) in [5.74, 6) is 1.62. The molecule has 3 aromatic rings. The van der Waals surface area contributed by atoms with Crippen molar-refractivity contribution in [3.8, 4) is 22.8 Å². The molecule has 6 rings (SSSR count). The van der Waals surface area contributed by atoms with Crippen molar-refractivity contribution in [1.82, 2.24) is 35.7 Å². The number of aliphatic imine (C=N–C) groups is 1. The van der Waals surface area contributed by atoms with Crippen molar-refractivity contribution < 1.29 is 0 Å². The van der Waals surface area contributed by atoms with Crippen molar-refractivity contribution in [1.29, 1.82) is 0 Å². The van der Waals surface area contributed by atoms with Crippen LogP contribution in [-0.2, 0) is 0 Å². The van der Waals surface area contributed by atoms with Crippen LogP contribution in [0.15, 0.2) is 41.7 Å². The van der Waals surface area contributed by atoms with E-state index >= 15 is 0 Å². The van der Waals surface area contributed by atoms with Gasteiger partial charge in [-0.05, 0) is 62.4 Å². The van der Waals surface area contributed by atoms with E-state index in [1.54, 1.807) is 0 Å². The zero-order chi connectivity index (χ0) is 21.3. The van der Waals surface area contributed by atoms with Crippen LogP contribution in [0.2, 0.25) is 0 Å². The maximum Gasteiger partial charge on any atom is 0.123 e. The highest BCUT2D eigenvalue weighted by molar-refractivity contribution is 5.99. The summed E-state index contributed by atoms with van der Waals surface area (Å²) in [6.07, 6.45) is 12.2. The number of hydrogen-bond acceptors (Lipinski definition) is 7. The van der Waals surface area contributed by atoms with Crippen LogP contribution in [0, 0.1) is 5.92 Å². The molecule has 0 aromatic carbocycles. The van der Waals surface area contributed by atoms with Gasteiger partial charge < -0.3 is 10.3 Å². The number of nitrogens with zero attached hydrogens (tertiary/aromatic N) is 6. The van der Waals surface area contributed by atoms with Crippen LogP contribution in [0.5, 0.6) is 0 Å². The topological polar surface area (TPSA) is 105 Å². The second kappa shape index (κ2) is 8.35. The molecule has 0 radical (unpaired) electrons. The first-order valence-electron chi connectivity index (χ1n) is 11.6. The molecule has 3 aliphatic rings. The lowest BCUT2D eigenvalue weighted by Crippen LogP contribution is -2.14. The first kappa shape index (κ1) is 19.4. The van der Waals surface area contributed by atoms with Gasteiger partial charge in [-0.15, -0.1) is 15.3 Å². The van der Waals surface area contributed by atoms with Crippen molar-refractivity contribution >= 4 is 11.3 Å². The third kappa shape index (κ3) is 3.75. The van der Waals surface area contributed by atoms with Crippen molar-refractivity contribution in [3.63, 3.8) is 0 Å². The monoisotopic (exact) mass is 426 g/mol. The highest BCUT2D eigenvalue weighted by atomic mass is 15.2. The van der Waals surface area contributed by atoms with Crippen molar-refractivity contribution in [2.45, 2.75) is 51.0 Å². The zero-order valence-corrected chi connectivity index (χ0v) is 18.0. The summed E-state index contributed by atoms with van der Waals surface area (Å²) in [7, 11) is 0. The molecule has 1 saturated carbocycles. The molecule has 0 unspecified atom stereocenters. The summed E-state index contributed by atoms with van der Waals surface area (Å²) >= 11 is 0. The number of H-pyrrole nitrogens is 1. The van der Waals surface area contributed by atoms with Gasteiger partial charge in [0.1, 0.15) is 22.9 Å². The van der Waals surface area contributed by atoms with E-state index in [1.165, 1.54) is 37.8 Å². The molecule has 162 valence electrons. The largest absolute Gasteiger partial charge is 0.339 e. The predicted octanol–water partition coefficient (Wildman–Crippen LogP) is 4.12. The van der Waals surface area contributed by atoms with Crippen molar-refractivity contribution in [3.05, 3.63) is 48.2 Å². The smallest absolute Gasteiger partial charge is 0.123 e. The van der Waals surface area contributed by atoms with Crippen LogP contribution < -0.4 is 5.32 Å². The van der Waals surface area contributed by atoms with E-state index in [2.05, 4.69) is 40.7 Å². The number of rotatable bonds is 5. The first-order valence-corrected chi connectivity index (χ1v) is 11.6. The molecule has 0 bridgehead atoms. The van der Waals surface area contributed by atoms with Gasteiger partial charge in [-0.3, -0.25) is 4.99 Å². The third-order valence-corrected chi connectivity index (χ3v) is 6.77. The summed E-state index contributed by atoms with van der Waals surface area (Å²) < 4.78 is 0. The molecule has 32 heavy (non-hydrogen) atoms. The Hall–Kier alpha value is -3.26. The minimum Gasteiger partial charge on any atom is -0.339 e. The second-order valence-corrected chi connectivity index (χ2v) is 8.87. The van der Waals surface area contributed by atoms with E-state index in [-0.39, 0.29) is 0 Å². The summed E-state index contributed by atoms with van der Waals surface area (Å²) in [5.41, 5.74) is 6.41. The fraction of sp³-hybridized carbons (Fsp3) is 0.417. The van der Waals surface area contributed by atoms with Gasteiger partial charge in [0.25, 0.3) is 0 Å². The Morgan fingerprint density at radius 1 is 0.781 bits per heavy atom. The lowest BCUT2D eigenvalue weighted by molar-refractivity contribution is 0.613. The van der Waals surface area contributed by atoms with E-state index in [4.69, 9.17) is 0 Å². The van der Waals surface area contributed by atoms with E-state index in [0.29, 0.717) is 23.3 Å². The molecule has 2 fully saturated rings. The number of imidazole rings is 1. The Morgan fingerprint density at radius 2 is 1.50 bits per heavy atom. The van der Waals surface area contributed by atoms with E-state index in [1.807, 2.05) is 36.7 Å². The fourth-order valence-corrected chi connectivity index (χ4v) is 4.93. The fourth-order valence-electron chi connectivity index (χ4n) is 4.93. The van der Waals surface area contributed by atoms with Gasteiger partial charge in [0, 0.05) is 23.9 Å². The molecular weight excluding hydrogens is 400 g/mol. The Bertz CT molecular complexity index is 1150. The maximum absolute atomic E-state index is 4.67. The van der Waals surface area contributed by atoms with Crippen molar-refractivity contribution in [2.24, 2.45) is 10.9 Å². The van der Waals surface area contributed by atoms with Gasteiger partial charge in [-0.1, -0.05) is 12.8 Å². The quantitative estimate of drug-likeness (QED) is 0.636. The number of hydrogen-bond donors (Lipinski definition) is 2. The molecule has 5 heterocycles. The Labute approximate surface area is 186 Å². The number of aromatic nitrogens is 6. The van der Waals surface area contributed by atoms with E-state index < -0.39 is 0 Å². The summed E-state index contributed by atoms with van der Waals surface area (Å²) in [6, 6.07) is 8.14. The summed E-state index contributed by atoms with van der Waals surface area (Å²) in [5, 5.41) is 21.0. The molecule has 3 aromatic heterocycles. The van der Waals surface area contributed by atoms with Gasteiger partial charge in [0.05, 0.1) is 23.6 Å². The lowest BCUT2D eigenvalue weighted by atomic mass is 9.96. The van der Waals surface area contributed by atoms with Gasteiger partial charge in [0.15, 0.2) is 0 Å². The second-order valence-electron chi connectivity index (χ2n) is 8.87. The van der Waals surface area contributed by atoms with E-state index in [9.17, 15) is 0 Å². The first-order chi connectivity index (χ1) is 15.8. The molecule has 2 N–H and O–H groups in total. The Morgan fingerprint density at radius 3 is 2.19 bits per heavy atom. The summed E-state index contributed by atoms with van der Waals surface area (Å²) in [4.78, 5) is 12.6. The molecule has 2 aliphatic heterocycles. The minimum absolute atomic E-state index is 0.305. The minimum atomic E-state index is 0.305. The van der Waals surface area contributed by atoms with Crippen LogP contribution in [-0.4, -0.2) is 42.6 Å². The molecule has 1 saturated heterocycles. The van der Waals surface area contributed by atoms with Crippen LogP contribution >= 0.6 is 0 Å². The number of aromatic amines is 1. The molecule has 1 atom stereocenters.